The lowest BCUT2D eigenvalue weighted by Crippen LogP contribution is -2.69. The van der Waals surface area contributed by atoms with Crippen molar-refractivity contribution >= 4 is 37.4 Å². The Morgan fingerprint density at radius 2 is 0.568 bits per heavy atom. The number of aliphatic hydroxyl groups excluding tert-OH is 7. The Morgan fingerprint density at radius 3 is 0.845 bits per heavy atom. The topological polar surface area (TPSA) is 494 Å². The minimum Gasteiger partial charge on any atom is -0.405 e. The quantitative estimate of drug-likeness (QED) is 0.00765. The van der Waals surface area contributed by atoms with Crippen LogP contribution >= 0.6 is 0 Å². The van der Waals surface area contributed by atoms with Gasteiger partial charge in [0.25, 0.3) is 16.6 Å². The van der Waals surface area contributed by atoms with E-state index in [0.717, 1.165) is 26.3 Å². The van der Waals surface area contributed by atoms with Crippen LogP contribution in [0.1, 0.15) is 121 Å². The number of likely N-dealkylation sites (N-methyl/N-ethyl adjacent to an activating group) is 1. The zero-order valence-electron chi connectivity index (χ0n) is 87.0. The number of hydrogen-bond acceptors (Lipinski definition) is 32. The van der Waals surface area contributed by atoms with Crippen molar-refractivity contribution in [3.63, 3.8) is 0 Å². The summed E-state index contributed by atoms with van der Waals surface area (Å²) in [5, 5.41) is 104. The molecule has 15 rings (SSSR count). The van der Waals surface area contributed by atoms with Gasteiger partial charge in [-0.1, -0.05) is 304 Å². The average molecular weight is 2090 g/mol. The predicted octanol–water partition coefficient (Wildman–Crippen LogP) is 10.7. The molecule has 16 unspecified atom stereocenters. The normalized spacial score (nSPS) is 37.0. The van der Waals surface area contributed by atoms with Gasteiger partial charge in [-0.3, -0.25) is 0 Å². The van der Waals surface area contributed by atoms with E-state index in [9.17, 15) is 52.3 Å². The molecule has 7 aromatic rings. The van der Waals surface area contributed by atoms with Crippen LogP contribution < -0.4 is 26.1 Å². The number of rotatable bonds is 40. The van der Waals surface area contributed by atoms with Gasteiger partial charge in [0.15, 0.2) is 50.3 Å². The number of nitrogens with one attached hydrogen (secondary N) is 1. The third kappa shape index (κ3) is 24.9. The first-order valence-corrected chi connectivity index (χ1v) is 55.2. The second-order valence-electron chi connectivity index (χ2n) is 42.2. The summed E-state index contributed by atoms with van der Waals surface area (Å²) < 4.78 is 145. The Morgan fingerprint density at radius 1 is 0.311 bits per heavy atom. The van der Waals surface area contributed by atoms with Gasteiger partial charge >= 0.3 is 0 Å². The Labute approximate surface area is 867 Å². The molecule has 8 aliphatic heterocycles. The van der Waals surface area contributed by atoms with Crippen LogP contribution in [0.3, 0.4) is 0 Å². The molecule has 0 saturated carbocycles. The maximum absolute atomic E-state index is 13.3. The maximum atomic E-state index is 13.3. The van der Waals surface area contributed by atoms with E-state index < -0.39 is 278 Å². The van der Waals surface area contributed by atoms with Crippen molar-refractivity contribution in [1.29, 1.82) is 0 Å². The first kappa shape index (κ1) is 114. The van der Waals surface area contributed by atoms with Crippen LogP contribution in [0.25, 0.3) is 31.3 Å². The molecule has 806 valence electrons. The summed E-state index contributed by atoms with van der Waals surface area (Å²) in [5.74, 6) is -3.53. The lowest BCUT2D eigenvalue weighted by molar-refractivity contribution is -0.381. The van der Waals surface area contributed by atoms with Gasteiger partial charge in [0, 0.05) is 33.7 Å². The van der Waals surface area contributed by atoms with Crippen molar-refractivity contribution in [3.05, 3.63) is 260 Å². The first-order valence-electron chi connectivity index (χ1n) is 51.4. The van der Waals surface area contributed by atoms with Gasteiger partial charge in [-0.05, 0) is 117 Å². The number of aliphatic hydroxyl groups is 7. The third-order valence-electron chi connectivity index (χ3n) is 30.7. The fourth-order valence-electron chi connectivity index (χ4n) is 22.5. The summed E-state index contributed by atoms with van der Waals surface area (Å²) in [4.78, 5) is 9.91. The fourth-order valence-corrected chi connectivity index (χ4v) is 31.6. The highest BCUT2D eigenvalue weighted by Crippen LogP contribution is 2.47. The Kier molecular flexibility index (Phi) is 39.4. The highest BCUT2D eigenvalue weighted by molar-refractivity contribution is 7.00. The predicted molar refractivity (Wildman–Crippen MR) is 547 cm³/mol. The summed E-state index contributed by atoms with van der Waals surface area (Å²) in [6.07, 6.45) is -39.5. The van der Waals surface area contributed by atoms with Crippen molar-refractivity contribution in [2.45, 2.75) is 349 Å². The molecule has 0 aliphatic carbocycles. The molecule has 8 fully saturated rings. The molecular weight excluding hydrogens is 1940 g/mol. The van der Waals surface area contributed by atoms with E-state index >= 15 is 0 Å². The fraction of sp³-hybridized carbons (Fsp3) is 0.611. The number of ether oxygens (including phenoxy) is 19. The van der Waals surface area contributed by atoms with Gasteiger partial charge < -0.3 is 140 Å². The van der Waals surface area contributed by atoms with Crippen molar-refractivity contribution in [3.8, 4) is 0 Å². The Hall–Kier alpha value is -8.26. The summed E-state index contributed by atoms with van der Waals surface area (Å²) in [6.45, 7) is 27.0. The molecule has 40 atom stereocenters. The molecular formula is C108H148N10O28Si2. The van der Waals surface area contributed by atoms with Crippen LogP contribution in [0.15, 0.2) is 228 Å². The minimum atomic E-state index is -3.54. The standard InChI is InChI=1S/C108H148N10O28Si2/c1-60-65(6)132-103(85(122)84(60)121)140-89-62(3)81(113-116-109)100(136-76(89)53-119)144-94-67(8)135-106(88(125)98(94)129-57-71-43-29-20-30-44-71)143-92-64(5)83(115-118-111)102(139-79(92)59-131-148(108(13,14)15,74-49-35-23-36-50-74)75-51-37-24-38-52-75)146-95-68(9)133-104(86(123)96(95)127-55-69-39-25-18-26-40-69)141-90-63(4)82(114-117-110)101(137-77(90)54-120)145-93-66(7)134-105(87(124)97(93)128-56-70-41-27-19-28-42-70)142-91-61(2)80(112-16)99(126-17)138-78(91)58-130-147(107(10,11)12,72-45-31-21-32-46-72)73-47-33-22-34-48-73/h18-52,60-68,76-106,112,119-125H,53-59H2,1-17H3/t60-,61-,62-,63-,64-,65?,66?,67?,68?,76?,77?,78?,79?,80?,81?,82?,83?,84-,85?,86?,87?,88?,89+,90+,91+,92+,93-,94-,95-,96+,97+,98+,99+,100+,101+,102-,103+,104+,105+,106+/m1/s1. The molecule has 8 heterocycles. The average Bonchev–Trinajstić information content (AvgIpc) is 0.740. The van der Waals surface area contributed by atoms with Crippen LogP contribution in [0.2, 0.25) is 10.1 Å². The van der Waals surface area contributed by atoms with Gasteiger partial charge in [-0.15, -0.1) is 0 Å². The molecule has 0 bridgehead atoms. The van der Waals surface area contributed by atoms with Crippen molar-refractivity contribution < 1.29 is 135 Å². The van der Waals surface area contributed by atoms with Crippen molar-refractivity contribution in [1.82, 2.24) is 5.32 Å². The van der Waals surface area contributed by atoms with E-state index in [0.29, 0.717) is 11.1 Å². The number of methoxy groups -OCH3 is 1. The zero-order chi connectivity index (χ0) is 106. The molecule has 148 heavy (non-hydrogen) atoms. The Balaban J connectivity index is 0.706. The molecule has 0 amide bonds. The largest absolute Gasteiger partial charge is 0.405 e. The molecule has 7 aromatic carbocycles. The SMILES string of the molecule is CNC1[C@@H](OC)OC(CO[Si](c2ccccc2)(c2ccccc2)C(C)(C)C)[C@@H](O[C@@H]2OC(C)[C@@H](O[C@@H]3OC(CO)[C@@H](O[C@@H]4OC(C)[C@@H](O[C@H]5OC(CO[Si](c6ccccc6)(c6ccccc6)C(C)(C)C)[C@@H](O[C@@H]6OC(C)[C@@H](O[C@@H]7OC(CO)[C@@H](O[C@@H]8OC(C)[C@@H](C)[C@@H](O)C8O)[C@H](C)C7N=[N+]=[N-])[C@@H](OCc7ccccc7)C6O)[C@H](C)C5N=[N+]=[N-])[C@@H](OCc5ccccc5)C4O)[C@H](C)C3N=[N+]=[N-])[C@@H](OCc3ccccc3)C2O)[C@@H]1C. The molecule has 8 aliphatic rings. The molecule has 0 radical (unpaired) electrons. The summed E-state index contributed by atoms with van der Waals surface area (Å²) in [7, 11) is -3.32. The number of azide groups is 3. The van der Waals surface area contributed by atoms with Gasteiger partial charge in [-0.2, -0.15) is 0 Å². The van der Waals surface area contributed by atoms with Crippen LogP contribution in [0.5, 0.6) is 0 Å². The van der Waals surface area contributed by atoms with E-state index in [1.807, 2.05) is 202 Å². The van der Waals surface area contributed by atoms with Crippen LogP contribution in [-0.2, 0) is 119 Å². The van der Waals surface area contributed by atoms with Crippen molar-refractivity contribution in [2.75, 3.05) is 40.6 Å². The van der Waals surface area contributed by atoms with E-state index in [4.69, 9.17) is 98.9 Å². The molecule has 0 aromatic heterocycles. The van der Waals surface area contributed by atoms with Crippen molar-refractivity contribution in [2.24, 2.45) is 44.9 Å². The monoisotopic (exact) mass is 2090 g/mol. The Bertz CT molecular complexity index is 5320. The second-order valence-corrected chi connectivity index (χ2v) is 50.8. The molecule has 38 nitrogen and oxygen atoms in total. The third-order valence-corrected chi connectivity index (χ3v) is 40.7. The number of hydrogen-bond donors (Lipinski definition) is 8. The van der Waals surface area contributed by atoms with E-state index in [1.54, 1.807) is 62.5 Å². The number of nitrogens with zero attached hydrogens (tertiary/aromatic N) is 9. The first-order chi connectivity index (χ1) is 71.1. The minimum absolute atomic E-state index is 0.0144. The highest BCUT2D eigenvalue weighted by atomic mass is 28.4. The van der Waals surface area contributed by atoms with Crippen LogP contribution in [0.4, 0.5) is 0 Å². The summed E-state index contributed by atoms with van der Waals surface area (Å²) in [5.41, 5.74) is 33.9. The number of benzene rings is 7. The van der Waals surface area contributed by atoms with Crippen LogP contribution in [-0.4, -0.2) is 308 Å². The van der Waals surface area contributed by atoms with E-state index in [-0.39, 0.29) is 39.0 Å². The van der Waals surface area contributed by atoms with Gasteiger partial charge in [0.2, 0.25) is 0 Å². The van der Waals surface area contributed by atoms with Gasteiger partial charge in [-0.25, -0.2) is 0 Å². The second kappa shape index (κ2) is 51.2. The molecule has 8 N–H and O–H groups in total. The molecule has 0 spiro atoms. The lowest BCUT2D eigenvalue weighted by Gasteiger charge is -2.52. The summed E-state index contributed by atoms with van der Waals surface area (Å²) >= 11 is 0. The van der Waals surface area contributed by atoms with Gasteiger partial charge in [0.1, 0.15) is 85.5 Å². The van der Waals surface area contributed by atoms with E-state index in [2.05, 4.69) is 101 Å². The van der Waals surface area contributed by atoms with Crippen LogP contribution in [0, 0.1) is 29.6 Å². The van der Waals surface area contributed by atoms with E-state index in [1.165, 1.54) is 0 Å². The maximum Gasteiger partial charge on any atom is 0.261 e. The highest BCUT2D eigenvalue weighted by Gasteiger charge is 2.62. The zero-order valence-corrected chi connectivity index (χ0v) is 89.0. The summed E-state index contributed by atoms with van der Waals surface area (Å²) in [6, 6.07) is 64.0. The van der Waals surface area contributed by atoms with Gasteiger partial charge in [0.05, 0.1) is 125 Å². The molecule has 40 heteroatoms. The smallest absolute Gasteiger partial charge is 0.261 e. The lowest BCUT2D eigenvalue weighted by atomic mass is 9.88. The molecule has 8 saturated heterocycles.